The fraction of sp³-hybridized carbons (Fsp3) is 0.111. The molecule has 0 atom stereocenters. The van der Waals surface area contributed by atoms with Crippen LogP contribution in [-0.4, -0.2) is 11.0 Å². The van der Waals surface area contributed by atoms with Crippen LogP contribution >= 0.6 is 23.8 Å². The molecule has 0 unspecified atom stereocenters. The van der Waals surface area contributed by atoms with Gasteiger partial charge in [-0.1, -0.05) is 17.7 Å². The van der Waals surface area contributed by atoms with Gasteiger partial charge in [-0.3, -0.25) is 9.69 Å². The molecule has 6 heteroatoms. The third kappa shape index (κ3) is 3.05. The molecule has 2 aromatic rings. The monoisotopic (exact) mass is 360 g/mol. The van der Waals surface area contributed by atoms with Gasteiger partial charge in [-0.15, -0.1) is 0 Å². The first-order valence-electron chi connectivity index (χ1n) is 7.26. The van der Waals surface area contributed by atoms with Crippen LogP contribution in [0.3, 0.4) is 0 Å². The Kier molecular flexibility index (Phi) is 4.39. The van der Waals surface area contributed by atoms with Crippen LogP contribution < -0.4 is 10.2 Å². The molecule has 1 saturated heterocycles. The first-order valence-corrected chi connectivity index (χ1v) is 8.05. The highest BCUT2D eigenvalue weighted by Crippen LogP contribution is 2.28. The number of amides is 1. The van der Waals surface area contributed by atoms with E-state index in [0.29, 0.717) is 27.1 Å². The van der Waals surface area contributed by atoms with Crippen molar-refractivity contribution >= 4 is 46.6 Å². The average Bonchev–Trinajstić information content (AvgIpc) is 2.78. The molecule has 0 bridgehead atoms. The summed E-state index contributed by atoms with van der Waals surface area (Å²) in [6.45, 7) is 3.54. The van der Waals surface area contributed by atoms with Gasteiger partial charge in [0.2, 0.25) is 0 Å². The number of thiocarbonyl (C=S) groups is 1. The molecule has 0 aliphatic carbocycles. The highest BCUT2D eigenvalue weighted by atomic mass is 35.5. The van der Waals surface area contributed by atoms with Crippen LogP contribution in [0.25, 0.3) is 6.08 Å². The SMILES string of the molecule is Cc1cc(C=C2NC(=S)N(c3ccc(Cl)cc3C)C2=O)ccc1F. The minimum atomic E-state index is -0.281. The maximum atomic E-state index is 13.4. The lowest BCUT2D eigenvalue weighted by atomic mass is 10.1. The van der Waals surface area contributed by atoms with Crippen LogP contribution in [0.2, 0.25) is 5.02 Å². The summed E-state index contributed by atoms with van der Waals surface area (Å²) in [6.07, 6.45) is 1.66. The summed E-state index contributed by atoms with van der Waals surface area (Å²) in [7, 11) is 0. The lowest BCUT2D eigenvalue weighted by Gasteiger charge is -2.16. The summed E-state index contributed by atoms with van der Waals surface area (Å²) in [6, 6.07) is 9.91. The molecule has 1 N–H and O–H groups in total. The molecule has 0 radical (unpaired) electrons. The number of rotatable bonds is 2. The van der Waals surface area contributed by atoms with Crippen molar-refractivity contribution in [3.63, 3.8) is 0 Å². The van der Waals surface area contributed by atoms with Gasteiger partial charge in [-0.05, 0) is 79.2 Å². The normalized spacial score (nSPS) is 16.0. The smallest absolute Gasteiger partial charge is 0.281 e. The van der Waals surface area contributed by atoms with E-state index >= 15 is 0 Å². The van der Waals surface area contributed by atoms with Crippen LogP contribution in [0.1, 0.15) is 16.7 Å². The van der Waals surface area contributed by atoms with Crippen molar-refractivity contribution in [1.29, 1.82) is 0 Å². The number of halogens is 2. The molecule has 1 amide bonds. The van der Waals surface area contributed by atoms with Crippen LogP contribution in [0, 0.1) is 19.7 Å². The summed E-state index contributed by atoms with van der Waals surface area (Å²) in [5.74, 6) is -0.538. The Bertz CT molecular complexity index is 895. The van der Waals surface area contributed by atoms with Crippen molar-refractivity contribution in [3.8, 4) is 0 Å². The molecule has 3 rings (SSSR count). The first kappa shape index (κ1) is 16.6. The van der Waals surface area contributed by atoms with Gasteiger partial charge in [0.25, 0.3) is 5.91 Å². The summed E-state index contributed by atoms with van der Waals surface area (Å²) in [4.78, 5) is 14.1. The van der Waals surface area contributed by atoms with Gasteiger partial charge in [-0.2, -0.15) is 0 Å². The third-order valence-corrected chi connectivity index (χ3v) is 4.29. The second-order valence-electron chi connectivity index (χ2n) is 5.57. The number of nitrogens with zero attached hydrogens (tertiary/aromatic N) is 1. The zero-order chi connectivity index (χ0) is 17.4. The lowest BCUT2D eigenvalue weighted by Crippen LogP contribution is -2.30. The highest BCUT2D eigenvalue weighted by Gasteiger charge is 2.32. The number of carbonyl (C=O) groups excluding carboxylic acids is 1. The number of benzene rings is 2. The molecule has 0 spiro atoms. The van der Waals surface area contributed by atoms with E-state index < -0.39 is 0 Å². The summed E-state index contributed by atoms with van der Waals surface area (Å²) >= 11 is 11.3. The maximum absolute atomic E-state index is 13.4. The Morgan fingerprint density at radius 1 is 1.17 bits per heavy atom. The Morgan fingerprint density at radius 2 is 1.92 bits per heavy atom. The van der Waals surface area contributed by atoms with Gasteiger partial charge >= 0.3 is 0 Å². The Labute approximate surface area is 149 Å². The quantitative estimate of drug-likeness (QED) is 0.638. The van der Waals surface area contributed by atoms with Gasteiger partial charge in [0.1, 0.15) is 11.5 Å². The first-order chi connectivity index (χ1) is 11.4. The standard InChI is InChI=1S/C18H14ClFN2OS/c1-10-7-12(3-5-14(10)20)9-15-17(23)22(18(24)21-15)16-6-4-13(19)8-11(16)2/h3-9H,1-2H3,(H,21,24). The largest absolute Gasteiger partial charge is 0.327 e. The van der Waals surface area contributed by atoms with E-state index in [1.54, 1.807) is 43.3 Å². The van der Waals surface area contributed by atoms with E-state index in [-0.39, 0.29) is 11.7 Å². The number of hydrogen-bond donors (Lipinski definition) is 1. The van der Waals surface area contributed by atoms with Crippen LogP contribution in [0.5, 0.6) is 0 Å². The number of anilines is 1. The van der Waals surface area contributed by atoms with Gasteiger partial charge in [0.05, 0.1) is 5.69 Å². The van der Waals surface area contributed by atoms with Crippen LogP contribution in [0.15, 0.2) is 42.1 Å². The molecule has 122 valence electrons. The van der Waals surface area contributed by atoms with Crippen LogP contribution in [0.4, 0.5) is 10.1 Å². The van der Waals surface area contributed by atoms with Gasteiger partial charge < -0.3 is 5.32 Å². The van der Waals surface area contributed by atoms with Crippen molar-refractivity contribution < 1.29 is 9.18 Å². The zero-order valence-electron chi connectivity index (χ0n) is 13.1. The molecule has 1 heterocycles. The van der Waals surface area contributed by atoms with E-state index in [2.05, 4.69) is 5.32 Å². The van der Waals surface area contributed by atoms with E-state index in [1.807, 2.05) is 6.92 Å². The summed E-state index contributed by atoms with van der Waals surface area (Å²) in [5.41, 5.74) is 3.12. The average molecular weight is 361 g/mol. The van der Waals surface area contributed by atoms with Crippen molar-refractivity contribution in [3.05, 3.63) is 69.6 Å². The van der Waals surface area contributed by atoms with E-state index in [9.17, 15) is 9.18 Å². The van der Waals surface area contributed by atoms with Gasteiger partial charge in [0, 0.05) is 5.02 Å². The molecule has 1 aliphatic heterocycles. The number of aryl methyl sites for hydroxylation is 2. The van der Waals surface area contributed by atoms with Crippen molar-refractivity contribution in [2.24, 2.45) is 0 Å². The summed E-state index contributed by atoms with van der Waals surface area (Å²) in [5, 5.41) is 3.82. The van der Waals surface area contributed by atoms with Crippen molar-refractivity contribution in [1.82, 2.24) is 5.32 Å². The molecule has 3 nitrogen and oxygen atoms in total. The Morgan fingerprint density at radius 3 is 2.58 bits per heavy atom. The third-order valence-electron chi connectivity index (χ3n) is 3.77. The Hall–Kier alpha value is -2.24. The van der Waals surface area contributed by atoms with Crippen molar-refractivity contribution in [2.75, 3.05) is 4.90 Å². The number of carbonyl (C=O) groups is 1. The summed E-state index contributed by atoms with van der Waals surface area (Å²) < 4.78 is 13.4. The second-order valence-corrected chi connectivity index (χ2v) is 6.39. The minimum Gasteiger partial charge on any atom is -0.327 e. The van der Waals surface area contributed by atoms with E-state index in [1.165, 1.54) is 11.0 Å². The molecule has 24 heavy (non-hydrogen) atoms. The predicted octanol–water partition coefficient (Wildman–Crippen LogP) is 4.36. The number of nitrogens with one attached hydrogen (secondary N) is 1. The topological polar surface area (TPSA) is 32.3 Å². The fourth-order valence-electron chi connectivity index (χ4n) is 2.55. The lowest BCUT2D eigenvalue weighted by molar-refractivity contribution is -0.113. The molecule has 2 aromatic carbocycles. The molecular weight excluding hydrogens is 347 g/mol. The molecule has 1 aliphatic rings. The maximum Gasteiger partial charge on any atom is 0.281 e. The van der Waals surface area contributed by atoms with E-state index in [4.69, 9.17) is 23.8 Å². The highest BCUT2D eigenvalue weighted by molar-refractivity contribution is 7.80. The fourth-order valence-corrected chi connectivity index (χ4v) is 3.07. The second kappa shape index (κ2) is 6.34. The molecule has 1 fully saturated rings. The molecule has 0 saturated carbocycles. The van der Waals surface area contributed by atoms with Crippen LogP contribution in [-0.2, 0) is 4.79 Å². The van der Waals surface area contributed by atoms with Gasteiger partial charge in [0.15, 0.2) is 5.11 Å². The minimum absolute atomic E-state index is 0.257. The number of hydrogen-bond acceptors (Lipinski definition) is 2. The van der Waals surface area contributed by atoms with Gasteiger partial charge in [-0.25, -0.2) is 4.39 Å². The zero-order valence-corrected chi connectivity index (χ0v) is 14.6. The van der Waals surface area contributed by atoms with Crippen molar-refractivity contribution in [2.45, 2.75) is 13.8 Å². The molecular formula is C18H14ClFN2OS. The van der Waals surface area contributed by atoms with E-state index in [0.717, 1.165) is 11.1 Å². The molecule has 0 aromatic heterocycles. The predicted molar refractivity (Wildman–Crippen MR) is 98.5 cm³/mol. The Balaban J connectivity index is 1.96.